The van der Waals surface area contributed by atoms with Gasteiger partial charge in [-0.05, 0) is 25.7 Å². The molecule has 0 unspecified atom stereocenters. The number of fused-ring (bicyclic) bond motifs is 1. The van der Waals surface area contributed by atoms with Gasteiger partial charge in [-0.2, -0.15) is 0 Å². The Morgan fingerprint density at radius 1 is 1.06 bits per heavy atom. The molecule has 4 heterocycles. The highest BCUT2D eigenvalue weighted by Crippen LogP contribution is 2.36. The molecule has 0 saturated carbocycles. The number of anilines is 1. The van der Waals surface area contributed by atoms with Crippen LogP contribution in [0.5, 0.6) is 0 Å². The number of amides is 1. The molecule has 2 N–H and O–H groups in total. The number of halogens is 3. The Morgan fingerprint density at radius 3 is 2.55 bits per heavy atom. The molecule has 5 rings (SSSR count). The second-order valence-electron chi connectivity index (χ2n) is 8.63. The summed E-state index contributed by atoms with van der Waals surface area (Å²) in [6.07, 6.45) is 1.24. The van der Waals surface area contributed by atoms with Crippen molar-refractivity contribution in [1.29, 1.82) is 0 Å². The van der Waals surface area contributed by atoms with Gasteiger partial charge in [0.25, 0.3) is 0 Å². The maximum atomic E-state index is 14.1. The van der Waals surface area contributed by atoms with E-state index in [1.54, 1.807) is 4.57 Å². The molecule has 0 bridgehead atoms. The number of ether oxygens (including phenoxy) is 1. The fourth-order valence-corrected chi connectivity index (χ4v) is 5.03. The first-order valence-electron chi connectivity index (χ1n) is 10.8. The van der Waals surface area contributed by atoms with Gasteiger partial charge in [0.2, 0.25) is 11.9 Å². The molecule has 2 aromatic rings. The first-order valence-corrected chi connectivity index (χ1v) is 10.8. The average Bonchev–Trinajstić information content (AvgIpc) is 3.31. The van der Waals surface area contributed by atoms with Crippen LogP contribution in [0.4, 0.5) is 19.1 Å². The van der Waals surface area contributed by atoms with Crippen LogP contribution >= 0.6 is 0 Å². The summed E-state index contributed by atoms with van der Waals surface area (Å²) in [6.45, 7) is 2.43. The van der Waals surface area contributed by atoms with Gasteiger partial charge in [-0.1, -0.05) is 0 Å². The molecule has 1 aromatic heterocycles. The Balaban J connectivity index is 1.55. The zero-order valence-corrected chi connectivity index (χ0v) is 17.1. The van der Waals surface area contributed by atoms with Gasteiger partial charge in [0.15, 0.2) is 11.6 Å². The lowest BCUT2D eigenvalue weighted by molar-refractivity contribution is -0.133. The summed E-state index contributed by atoms with van der Waals surface area (Å²) >= 11 is 0. The van der Waals surface area contributed by atoms with E-state index in [9.17, 15) is 18.0 Å². The highest BCUT2D eigenvalue weighted by Gasteiger charge is 2.40. The number of nitrogens with zero attached hydrogens (tertiary/aromatic N) is 4. The van der Waals surface area contributed by atoms with Crippen LogP contribution in [0.15, 0.2) is 12.1 Å². The lowest BCUT2D eigenvalue weighted by atomic mass is 10.1. The fraction of sp³-hybridized carbons (Fsp3) is 0.619. The molecule has 10 heteroatoms. The molecule has 0 spiro atoms. The van der Waals surface area contributed by atoms with Crippen molar-refractivity contribution >= 4 is 22.9 Å². The zero-order chi connectivity index (χ0) is 21.7. The van der Waals surface area contributed by atoms with Gasteiger partial charge in [0, 0.05) is 51.0 Å². The first-order chi connectivity index (χ1) is 14.9. The number of nitrogens with two attached hydrogens (primary N) is 1. The number of piperidine rings is 1. The van der Waals surface area contributed by atoms with Gasteiger partial charge >= 0.3 is 0 Å². The molecule has 1 aromatic carbocycles. The van der Waals surface area contributed by atoms with Gasteiger partial charge in [-0.25, -0.2) is 18.2 Å². The maximum Gasteiger partial charge on any atom is 0.246 e. The van der Waals surface area contributed by atoms with Gasteiger partial charge in [-0.15, -0.1) is 0 Å². The minimum atomic E-state index is -1.11. The van der Waals surface area contributed by atoms with E-state index >= 15 is 0 Å². The summed E-state index contributed by atoms with van der Waals surface area (Å²) in [5, 5.41) is 0. The Hall–Kier alpha value is -2.33. The second kappa shape index (κ2) is 7.98. The Kier molecular flexibility index (Phi) is 5.29. The van der Waals surface area contributed by atoms with E-state index in [1.165, 1.54) is 0 Å². The number of carbonyl (C=O) groups is 1. The molecule has 1 amide bonds. The summed E-state index contributed by atoms with van der Waals surface area (Å²) < 4.78 is 49.1. The number of likely N-dealkylation sites (tertiary alicyclic amines) is 1. The van der Waals surface area contributed by atoms with Crippen molar-refractivity contribution in [3.8, 4) is 0 Å². The topological polar surface area (TPSA) is 76.6 Å². The van der Waals surface area contributed by atoms with Gasteiger partial charge in [0.05, 0.1) is 17.1 Å². The number of carbonyl (C=O) groups excluding carboxylic acids is 1. The van der Waals surface area contributed by atoms with E-state index in [4.69, 9.17) is 10.5 Å². The Morgan fingerprint density at radius 2 is 1.81 bits per heavy atom. The quantitative estimate of drug-likeness (QED) is 0.796. The van der Waals surface area contributed by atoms with Gasteiger partial charge in [-0.3, -0.25) is 9.36 Å². The van der Waals surface area contributed by atoms with Crippen LogP contribution < -0.4 is 10.6 Å². The number of imidazole rings is 1. The number of alkyl halides is 1. The largest absolute Gasteiger partial charge is 0.381 e. The van der Waals surface area contributed by atoms with Crippen LogP contribution in [0.1, 0.15) is 31.7 Å². The second-order valence-corrected chi connectivity index (χ2v) is 8.63. The summed E-state index contributed by atoms with van der Waals surface area (Å²) in [5.74, 6) is -1.63. The summed E-state index contributed by atoms with van der Waals surface area (Å²) in [6, 6.07) is 0.991. The lowest BCUT2D eigenvalue weighted by Crippen LogP contribution is -2.50. The van der Waals surface area contributed by atoms with E-state index in [0.29, 0.717) is 44.2 Å². The van der Waals surface area contributed by atoms with Crippen LogP contribution in [0.3, 0.4) is 0 Å². The number of hydrogen-bond acceptors (Lipinski definition) is 5. The highest BCUT2D eigenvalue weighted by atomic mass is 19.2. The van der Waals surface area contributed by atoms with Crippen LogP contribution in [-0.4, -0.2) is 71.5 Å². The third-order valence-corrected chi connectivity index (χ3v) is 6.72. The molecule has 0 aliphatic carbocycles. The van der Waals surface area contributed by atoms with Crippen molar-refractivity contribution in [3.63, 3.8) is 0 Å². The lowest BCUT2D eigenvalue weighted by Gasteiger charge is -2.35. The van der Waals surface area contributed by atoms with Gasteiger partial charge in [0.1, 0.15) is 12.2 Å². The molecule has 3 saturated heterocycles. The molecule has 31 heavy (non-hydrogen) atoms. The van der Waals surface area contributed by atoms with E-state index < -0.39 is 29.9 Å². The molecule has 168 valence electrons. The smallest absolute Gasteiger partial charge is 0.246 e. The van der Waals surface area contributed by atoms with Crippen LogP contribution in [0, 0.1) is 11.6 Å². The van der Waals surface area contributed by atoms with E-state index in [1.807, 2.05) is 9.80 Å². The van der Waals surface area contributed by atoms with E-state index in [0.717, 1.165) is 25.0 Å². The summed E-state index contributed by atoms with van der Waals surface area (Å²) in [4.78, 5) is 21.6. The average molecular weight is 437 g/mol. The molecule has 0 radical (unpaired) electrons. The van der Waals surface area contributed by atoms with Gasteiger partial charge < -0.3 is 20.3 Å². The van der Waals surface area contributed by atoms with Crippen molar-refractivity contribution in [2.75, 3.05) is 37.7 Å². The first kappa shape index (κ1) is 20.6. The van der Waals surface area contributed by atoms with Crippen molar-refractivity contribution in [2.45, 2.75) is 50.0 Å². The van der Waals surface area contributed by atoms with Crippen molar-refractivity contribution in [2.24, 2.45) is 5.73 Å². The highest BCUT2D eigenvalue weighted by molar-refractivity contribution is 5.88. The molecular formula is C21H26F3N5O2. The van der Waals surface area contributed by atoms with Crippen LogP contribution in [0.2, 0.25) is 0 Å². The number of rotatable bonds is 3. The minimum Gasteiger partial charge on any atom is -0.381 e. The molecule has 3 fully saturated rings. The van der Waals surface area contributed by atoms with E-state index in [-0.39, 0.29) is 30.4 Å². The Bertz CT molecular complexity index is 993. The van der Waals surface area contributed by atoms with E-state index in [2.05, 4.69) is 4.98 Å². The third-order valence-electron chi connectivity index (χ3n) is 6.72. The Labute approximate surface area is 177 Å². The summed E-state index contributed by atoms with van der Waals surface area (Å²) in [7, 11) is 0. The SMILES string of the molecule is N[C@@H]1CN(c2nc3cc(F)c(F)cc3n2[C@@H]2CCN(C3CCOCC3)C2=O)CC[C@H]1F. The molecule has 3 aliphatic rings. The number of aromatic nitrogens is 2. The third kappa shape index (κ3) is 3.55. The van der Waals surface area contributed by atoms with Crippen molar-refractivity contribution < 1.29 is 22.7 Å². The normalized spacial score (nSPS) is 28.1. The van der Waals surface area contributed by atoms with Crippen LogP contribution in [0.25, 0.3) is 11.0 Å². The van der Waals surface area contributed by atoms with Crippen molar-refractivity contribution in [3.05, 3.63) is 23.8 Å². The maximum absolute atomic E-state index is 14.1. The minimum absolute atomic E-state index is 0.0538. The molecule has 7 nitrogen and oxygen atoms in total. The number of hydrogen-bond donors (Lipinski definition) is 1. The predicted molar refractivity (Wildman–Crippen MR) is 109 cm³/mol. The predicted octanol–water partition coefficient (Wildman–Crippen LogP) is 2.14. The molecule has 3 aliphatic heterocycles. The zero-order valence-electron chi connectivity index (χ0n) is 17.1. The van der Waals surface area contributed by atoms with Crippen LogP contribution in [-0.2, 0) is 9.53 Å². The number of benzene rings is 1. The molecular weight excluding hydrogens is 411 g/mol. The fourth-order valence-electron chi connectivity index (χ4n) is 5.03. The monoisotopic (exact) mass is 437 g/mol. The van der Waals surface area contributed by atoms with Crippen molar-refractivity contribution in [1.82, 2.24) is 14.5 Å². The standard InChI is InChI=1S/C21H26F3N5O2/c22-13-1-5-27(11-16(13)25)21-26-17-9-14(23)15(24)10-19(17)29(21)18-2-6-28(20(18)30)12-3-7-31-8-4-12/h9-10,12-13,16,18H,1-8,11,25H2/t13-,16-,18-/m1/s1. The summed E-state index contributed by atoms with van der Waals surface area (Å²) in [5.41, 5.74) is 6.56. The molecule has 3 atom stereocenters.